The van der Waals surface area contributed by atoms with E-state index in [1.54, 1.807) is 32.2 Å². The Labute approximate surface area is 130 Å². The molecule has 2 aromatic rings. The van der Waals surface area contributed by atoms with Crippen molar-refractivity contribution in [2.45, 2.75) is 19.5 Å². The number of amides is 1. The largest absolute Gasteiger partial charge is 0.341 e. The Morgan fingerprint density at radius 1 is 1.14 bits per heavy atom. The van der Waals surface area contributed by atoms with Crippen LogP contribution in [0.25, 0.3) is 0 Å². The molecule has 1 amide bonds. The highest BCUT2D eigenvalue weighted by molar-refractivity contribution is 5.79. The van der Waals surface area contributed by atoms with Crippen LogP contribution in [0, 0.1) is 11.7 Å². The van der Waals surface area contributed by atoms with Crippen LogP contribution in [0.5, 0.6) is 0 Å². The molecular weight excluding hydrogens is 279 g/mol. The maximum atomic E-state index is 13.7. The summed E-state index contributed by atoms with van der Waals surface area (Å²) in [6, 6.07) is 15.6. The van der Waals surface area contributed by atoms with Crippen molar-refractivity contribution in [3.8, 4) is 0 Å². The molecule has 2 rings (SSSR count). The summed E-state index contributed by atoms with van der Waals surface area (Å²) in [4.78, 5) is 14.0. The zero-order valence-electron chi connectivity index (χ0n) is 12.9. The van der Waals surface area contributed by atoms with Gasteiger partial charge >= 0.3 is 0 Å². The highest BCUT2D eigenvalue weighted by Gasteiger charge is 2.25. The van der Waals surface area contributed by atoms with Gasteiger partial charge in [0.05, 0.1) is 5.92 Å². The number of carbonyl (C=O) groups excluding carboxylic acids is 1. The summed E-state index contributed by atoms with van der Waals surface area (Å²) in [5.41, 5.74) is 7.60. The number of carbonyl (C=O) groups is 1. The SMILES string of the molecule is CC(C(=O)N(C)Cc1ccccc1F)C(N)c1ccccc1. The summed E-state index contributed by atoms with van der Waals surface area (Å²) in [6.45, 7) is 2.04. The lowest BCUT2D eigenvalue weighted by atomic mass is 9.94. The minimum absolute atomic E-state index is 0.0976. The lowest BCUT2D eigenvalue weighted by molar-refractivity contribution is -0.134. The number of hydrogen-bond acceptors (Lipinski definition) is 2. The molecule has 0 heterocycles. The van der Waals surface area contributed by atoms with Gasteiger partial charge in [-0.15, -0.1) is 0 Å². The smallest absolute Gasteiger partial charge is 0.227 e. The molecular formula is C18H21FN2O. The molecule has 22 heavy (non-hydrogen) atoms. The molecule has 2 unspecified atom stereocenters. The molecule has 4 heteroatoms. The van der Waals surface area contributed by atoms with Crippen molar-refractivity contribution in [3.05, 3.63) is 71.5 Å². The van der Waals surface area contributed by atoms with Gasteiger partial charge in [0.25, 0.3) is 0 Å². The Balaban J connectivity index is 2.05. The minimum atomic E-state index is -0.378. The lowest BCUT2D eigenvalue weighted by Gasteiger charge is -2.25. The highest BCUT2D eigenvalue weighted by atomic mass is 19.1. The van der Waals surface area contributed by atoms with Gasteiger partial charge in [-0.1, -0.05) is 55.5 Å². The fraction of sp³-hybridized carbons (Fsp3) is 0.278. The van der Waals surface area contributed by atoms with Crippen LogP contribution in [0.2, 0.25) is 0 Å². The summed E-state index contributed by atoms with van der Waals surface area (Å²) < 4.78 is 13.7. The van der Waals surface area contributed by atoms with E-state index in [4.69, 9.17) is 5.73 Å². The number of benzene rings is 2. The number of nitrogens with two attached hydrogens (primary N) is 1. The molecule has 0 bridgehead atoms. The molecule has 2 N–H and O–H groups in total. The molecule has 116 valence electrons. The molecule has 0 saturated heterocycles. The average molecular weight is 300 g/mol. The molecule has 0 radical (unpaired) electrons. The van der Waals surface area contributed by atoms with Gasteiger partial charge in [-0.2, -0.15) is 0 Å². The fourth-order valence-corrected chi connectivity index (χ4v) is 2.43. The number of nitrogens with zero attached hydrogens (tertiary/aromatic N) is 1. The number of rotatable bonds is 5. The Bertz CT molecular complexity index is 630. The van der Waals surface area contributed by atoms with Gasteiger partial charge in [0.15, 0.2) is 0 Å². The topological polar surface area (TPSA) is 46.3 Å². The van der Waals surface area contributed by atoms with E-state index in [-0.39, 0.29) is 30.2 Å². The predicted octanol–water partition coefficient (Wildman–Crippen LogP) is 3.12. The minimum Gasteiger partial charge on any atom is -0.341 e. The molecule has 0 aliphatic carbocycles. The molecule has 0 spiro atoms. The van der Waals surface area contributed by atoms with Gasteiger partial charge in [0, 0.05) is 25.2 Å². The van der Waals surface area contributed by atoms with Gasteiger partial charge in [-0.3, -0.25) is 4.79 Å². The Morgan fingerprint density at radius 2 is 1.73 bits per heavy atom. The van der Waals surface area contributed by atoms with Crippen LogP contribution in [-0.4, -0.2) is 17.9 Å². The van der Waals surface area contributed by atoms with Gasteiger partial charge < -0.3 is 10.6 Å². The number of halogens is 1. The standard InChI is InChI=1S/C18H21FN2O/c1-13(17(20)14-8-4-3-5-9-14)18(22)21(2)12-15-10-6-7-11-16(15)19/h3-11,13,17H,12,20H2,1-2H3. The van der Waals surface area contributed by atoms with Crippen molar-refractivity contribution in [2.75, 3.05) is 7.05 Å². The second-order valence-corrected chi connectivity index (χ2v) is 5.51. The zero-order valence-corrected chi connectivity index (χ0v) is 12.9. The molecule has 0 aliphatic heterocycles. The van der Waals surface area contributed by atoms with Gasteiger partial charge in [-0.25, -0.2) is 4.39 Å². The van der Waals surface area contributed by atoms with Crippen LogP contribution in [0.15, 0.2) is 54.6 Å². The average Bonchev–Trinajstić information content (AvgIpc) is 2.55. The van der Waals surface area contributed by atoms with E-state index in [1.165, 1.54) is 11.0 Å². The highest BCUT2D eigenvalue weighted by Crippen LogP contribution is 2.21. The molecule has 2 aromatic carbocycles. The van der Waals surface area contributed by atoms with Crippen molar-refractivity contribution in [1.82, 2.24) is 4.90 Å². The first-order valence-corrected chi connectivity index (χ1v) is 7.29. The van der Waals surface area contributed by atoms with Crippen molar-refractivity contribution < 1.29 is 9.18 Å². The summed E-state index contributed by atoms with van der Waals surface area (Å²) >= 11 is 0. The van der Waals surface area contributed by atoms with Crippen LogP contribution < -0.4 is 5.73 Å². The fourth-order valence-electron chi connectivity index (χ4n) is 2.43. The van der Waals surface area contributed by atoms with Crippen molar-refractivity contribution in [3.63, 3.8) is 0 Å². The maximum Gasteiger partial charge on any atom is 0.227 e. The van der Waals surface area contributed by atoms with Crippen molar-refractivity contribution >= 4 is 5.91 Å². The van der Waals surface area contributed by atoms with E-state index >= 15 is 0 Å². The Morgan fingerprint density at radius 3 is 2.36 bits per heavy atom. The number of hydrogen-bond donors (Lipinski definition) is 1. The third kappa shape index (κ3) is 3.71. The van der Waals surface area contributed by atoms with Crippen LogP contribution in [0.3, 0.4) is 0 Å². The summed E-state index contributed by atoms with van der Waals surface area (Å²) in [6.07, 6.45) is 0. The van der Waals surface area contributed by atoms with E-state index in [0.717, 1.165) is 5.56 Å². The first-order valence-electron chi connectivity index (χ1n) is 7.29. The molecule has 0 aromatic heterocycles. The lowest BCUT2D eigenvalue weighted by Crippen LogP contribution is -2.36. The van der Waals surface area contributed by atoms with Crippen LogP contribution in [0.1, 0.15) is 24.1 Å². The van der Waals surface area contributed by atoms with Gasteiger partial charge in [0.1, 0.15) is 5.82 Å². The molecule has 0 aliphatic rings. The van der Waals surface area contributed by atoms with E-state index < -0.39 is 0 Å². The second kappa shape index (κ2) is 7.18. The second-order valence-electron chi connectivity index (χ2n) is 5.51. The zero-order chi connectivity index (χ0) is 16.1. The van der Waals surface area contributed by atoms with Gasteiger partial charge in [0.2, 0.25) is 5.91 Å². The van der Waals surface area contributed by atoms with Crippen molar-refractivity contribution in [2.24, 2.45) is 11.7 Å². The predicted molar refractivity (Wildman–Crippen MR) is 85.4 cm³/mol. The quantitative estimate of drug-likeness (QED) is 0.922. The van der Waals surface area contributed by atoms with Crippen LogP contribution in [0.4, 0.5) is 4.39 Å². The Hall–Kier alpha value is -2.20. The summed E-state index contributed by atoms with van der Waals surface area (Å²) in [5.74, 6) is -0.777. The van der Waals surface area contributed by atoms with E-state index in [2.05, 4.69) is 0 Å². The van der Waals surface area contributed by atoms with E-state index in [9.17, 15) is 9.18 Å². The molecule has 0 fully saturated rings. The third-order valence-electron chi connectivity index (χ3n) is 3.85. The Kier molecular flexibility index (Phi) is 5.28. The van der Waals surface area contributed by atoms with Crippen LogP contribution in [-0.2, 0) is 11.3 Å². The third-order valence-corrected chi connectivity index (χ3v) is 3.85. The monoisotopic (exact) mass is 300 g/mol. The maximum absolute atomic E-state index is 13.7. The van der Waals surface area contributed by atoms with Gasteiger partial charge in [-0.05, 0) is 11.6 Å². The van der Waals surface area contributed by atoms with E-state index in [1.807, 2.05) is 30.3 Å². The first kappa shape index (κ1) is 16.2. The van der Waals surface area contributed by atoms with Crippen LogP contribution >= 0.6 is 0 Å². The van der Waals surface area contributed by atoms with E-state index in [0.29, 0.717) is 5.56 Å². The molecule has 2 atom stereocenters. The normalized spacial score (nSPS) is 13.5. The summed E-state index contributed by atoms with van der Waals surface area (Å²) in [5, 5.41) is 0. The molecule has 0 saturated carbocycles. The summed E-state index contributed by atoms with van der Waals surface area (Å²) in [7, 11) is 1.67. The van der Waals surface area contributed by atoms with Crippen molar-refractivity contribution in [1.29, 1.82) is 0 Å². The first-order chi connectivity index (χ1) is 10.5. The molecule has 3 nitrogen and oxygen atoms in total.